The maximum Gasteiger partial charge on any atom is 0.140 e. The zero-order valence-electron chi connectivity index (χ0n) is 21.3. The molecule has 0 amide bonds. The van der Waals surface area contributed by atoms with Gasteiger partial charge in [0.25, 0.3) is 0 Å². The lowest BCUT2D eigenvalue weighted by Crippen LogP contribution is -2.13. The molecular formula is C30H33N5O2. The van der Waals surface area contributed by atoms with Gasteiger partial charge in [0, 0.05) is 30.3 Å². The molecule has 2 unspecified atom stereocenters. The average molecular weight is 496 g/mol. The van der Waals surface area contributed by atoms with Gasteiger partial charge in [0.2, 0.25) is 0 Å². The van der Waals surface area contributed by atoms with E-state index in [0.717, 1.165) is 66.4 Å². The lowest BCUT2D eigenvalue weighted by Gasteiger charge is -2.14. The second kappa shape index (κ2) is 11.9. The Morgan fingerprint density at radius 2 is 1.68 bits per heavy atom. The molecule has 0 saturated heterocycles. The van der Waals surface area contributed by atoms with E-state index in [0.29, 0.717) is 24.7 Å². The van der Waals surface area contributed by atoms with Gasteiger partial charge in [-0.3, -0.25) is 4.79 Å². The van der Waals surface area contributed by atoms with Crippen LogP contribution in [0.15, 0.2) is 73.4 Å². The smallest absolute Gasteiger partial charge is 0.140 e. The van der Waals surface area contributed by atoms with Gasteiger partial charge in [-0.25, -0.2) is 19.9 Å². The minimum atomic E-state index is 0.255. The molecule has 1 saturated carbocycles. The van der Waals surface area contributed by atoms with E-state index in [1.807, 2.05) is 60.8 Å². The highest BCUT2D eigenvalue weighted by molar-refractivity contribution is 5.81. The third-order valence-electron chi connectivity index (χ3n) is 7.30. The molecule has 4 aromatic rings. The molecule has 190 valence electrons. The molecule has 0 spiro atoms. The number of ketones is 1. The number of benzene rings is 2. The van der Waals surface area contributed by atoms with Crippen LogP contribution >= 0.6 is 0 Å². The molecule has 1 aliphatic carbocycles. The van der Waals surface area contributed by atoms with Crippen LogP contribution in [0.3, 0.4) is 0 Å². The molecule has 2 aromatic carbocycles. The number of para-hydroxylation sites is 1. The molecule has 37 heavy (non-hydrogen) atoms. The number of hydrogen-bond donors (Lipinski definition) is 0. The van der Waals surface area contributed by atoms with Crippen molar-refractivity contribution in [3.8, 4) is 22.7 Å². The van der Waals surface area contributed by atoms with Crippen LogP contribution in [0.1, 0.15) is 50.2 Å². The highest BCUT2D eigenvalue weighted by Gasteiger charge is 2.23. The molecular weight excluding hydrogens is 462 g/mol. The molecule has 2 aromatic heterocycles. The second-order valence-electron chi connectivity index (χ2n) is 9.89. The fourth-order valence-electron chi connectivity index (χ4n) is 5.32. The molecule has 2 heterocycles. The topological polar surface area (TPSA) is 82.8 Å². The van der Waals surface area contributed by atoms with Gasteiger partial charge in [-0.1, -0.05) is 37.5 Å². The van der Waals surface area contributed by atoms with Crippen molar-refractivity contribution in [3.05, 3.63) is 85.1 Å². The predicted molar refractivity (Wildman–Crippen MR) is 142 cm³/mol. The Bertz CT molecular complexity index is 1290. The predicted octanol–water partition coefficient (Wildman–Crippen LogP) is 5.67. The SMILES string of the molecule is COc1ccc(-c2cn(-c3ccccc3)c(CC(=O)CC3CCCC(Cc4ncncn4)CC3)n2)cc1. The molecule has 1 fully saturated rings. The van der Waals surface area contributed by atoms with Crippen LogP contribution in [0.25, 0.3) is 16.9 Å². The number of carbonyl (C=O) groups excluding carboxylic acids is 1. The zero-order valence-corrected chi connectivity index (χ0v) is 21.3. The molecule has 7 heteroatoms. The fourth-order valence-corrected chi connectivity index (χ4v) is 5.32. The Morgan fingerprint density at radius 1 is 0.946 bits per heavy atom. The average Bonchev–Trinajstić information content (AvgIpc) is 3.23. The van der Waals surface area contributed by atoms with E-state index < -0.39 is 0 Å². The van der Waals surface area contributed by atoms with Crippen molar-refractivity contribution in [3.63, 3.8) is 0 Å². The first-order valence-electron chi connectivity index (χ1n) is 13.1. The van der Waals surface area contributed by atoms with E-state index in [4.69, 9.17) is 9.72 Å². The molecule has 0 N–H and O–H groups in total. The summed E-state index contributed by atoms with van der Waals surface area (Å²) in [5.41, 5.74) is 2.86. The molecule has 2 atom stereocenters. The Morgan fingerprint density at radius 3 is 2.43 bits per heavy atom. The lowest BCUT2D eigenvalue weighted by atomic mass is 9.92. The van der Waals surface area contributed by atoms with E-state index in [1.54, 1.807) is 19.8 Å². The summed E-state index contributed by atoms with van der Waals surface area (Å²) >= 11 is 0. The third-order valence-corrected chi connectivity index (χ3v) is 7.30. The van der Waals surface area contributed by atoms with Gasteiger partial charge >= 0.3 is 0 Å². The molecule has 0 bridgehead atoms. The summed E-state index contributed by atoms with van der Waals surface area (Å²) in [6.45, 7) is 0. The van der Waals surface area contributed by atoms with E-state index in [-0.39, 0.29) is 5.78 Å². The first-order chi connectivity index (χ1) is 18.2. The van der Waals surface area contributed by atoms with Gasteiger partial charge < -0.3 is 9.30 Å². The molecule has 7 nitrogen and oxygen atoms in total. The first-order valence-corrected chi connectivity index (χ1v) is 13.1. The fraction of sp³-hybridized carbons (Fsp3) is 0.367. The monoisotopic (exact) mass is 495 g/mol. The Hall–Kier alpha value is -3.87. The number of ether oxygens (including phenoxy) is 1. The number of carbonyl (C=O) groups is 1. The van der Waals surface area contributed by atoms with Gasteiger partial charge in [-0.15, -0.1) is 0 Å². The molecule has 5 rings (SSSR count). The van der Waals surface area contributed by atoms with Gasteiger partial charge in [0.15, 0.2) is 0 Å². The van der Waals surface area contributed by atoms with Gasteiger partial charge in [0.05, 0.1) is 19.2 Å². The number of hydrogen-bond acceptors (Lipinski definition) is 6. The van der Waals surface area contributed by atoms with Crippen LogP contribution in [0.5, 0.6) is 5.75 Å². The van der Waals surface area contributed by atoms with Crippen molar-refractivity contribution in [1.82, 2.24) is 24.5 Å². The molecule has 0 aliphatic heterocycles. The van der Waals surface area contributed by atoms with E-state index in [2.05, 4.69) is 19.5 Å². The Balaban J connectivity index is 1.26. The number of aromatic nitrogens is 5. The Labute approximate surface area is 218 Å². The maximum atomic E-state index is 13.3. The Kier molecular flexibility index (Phi) is 7.99. The normalized spacial score (nSPS) is 17.8. The summed E-state index contributed by atoms with van der Waals surface area (Å²) in [5.74, 6) is 3.72. The minimum Gasteiger partial charge on any atom is -0.497 e. The first kappa shape index (κ1) is 24.8. The number of methoxy groups -OCH3 is 1. The molecule has 0 radical (unpaired) electrons. The highest BCUT2D eigenvalue weighted by atomic mass is 16.5. The lowest BCUT2D eigenvalue weighted by molar-refractivity contribution is -0.119. The van der Waals surface area contributed by atoms with Crippen molar-refractivity contribution >= 4 is 5.78 Å². The van der Waals surface area contributed by atoms with Crippen LogP contribution in [0.2, 0.25) is 0 Å². The van der Waals surface area contributed by atoms with Gasteiger partial charge in [-0.05, 0) is 61.1 Å². The van der Waals surface area contributed by atoms with Gasteiger partial charge in [0.1, 0.15) is 35.8 Å². The summed E-state index contributed by atoms with van der Waals surface area (Å²) in [6, 6.07) is 18.0. The maximum absolute atomic E-state index is 13.3. The number of nitrogens with zero attached hydrogens (tertiary/aromatic N) is 5. The largest absolute Gasteiger partial charge is 0.497 e. The van der Waals surface area contributed by atoms with Crippen molar-refractivity contribution in [1.29, 1.82) is 0 Å². The van der Waals surface area contributed by atoms with Crippen molar-refractivity contribution in [2.75, 3.05) is 7.11 Å². The van der Waals surface area contributed by atoms with E-state index in [9.17, 15) is 4.79 Å². The van der Waals surface area contributed by atoms with E-state index >= 15 is 0 Å². The quantitative estimate of drug-likeness (QED) is 0.278. The highest BCUT2D eigenvalue weighted by Crippen LogP contribution is 2.31. The van der Waals surface area contributed by atoms with Crippen LogP contribution in [0, 0.1) is 11.8 Å². The van der Waals surface area contributed by atoms with Crippen molar-refractivity contribution in [2.24, 2.45) is 11.8 Å². The summed E-state index contributed by atoms with van der Waals surface area (Å²) in [4.78, 5) is 30.7. The number of Topliss-reactive ketones (excluding diaryl/α,β-unsaturated/α-hetero) is 1. The summed E-state index contributed by atoms with van der Waals surface area (Å²) in [6.07, 6.45) is 12.6. The van der Waals surface area contributed by atoms with Crippen LogP contribution in [-0.4, -0.2) is 37.4 Å². The zero-order chi connectivity index (χ0) is 25.5. The number of imidazole rings is 1. The number of rotatable bonds is 9. The van der Waals surface area contributed by atoms with E-state index in [1.165, 1.54) is 6.42 Å². The summed E-state index contributed by atoms with van der Waals surface area (Å²) in [5, 5.41) is 0. The minimum absolute atomic E-state index is 0.255. The standard InChI is InChI=1S/C30H33N5O2/c1-37-27-14-12-24(13-15-27)28-19-35(25-8-3-2-4-9-25)30(34-28)18-26(36)16-22-6-5-7-23(11-10-22)17-29-32-20-31-21-33-29/h2-4,8-9,12-15,19-23H,5-7,10-11,16-18H2,1H3. The third kappa shape index (κ3) is 6.47. The van der Waals surface area contributed by atoms with Gasteiger partial charge in [-0.2, -0.15) is 0 Å². The van der Waals surface area contributed by atoms with Crippen LogP contribution < -0.4 is 4.74 Å². The molecule has 1 aliphatic rings. The van der Waals surface area contributed by atoms with Crippen molar-refractivity contribution in [2.45, 2.75) is 51.4 Å². The van der Waals surface area contributed by atoms with Crippen molar-refractivity contribution < 1.29 is 9.53 Å². The second-order valence-corrected chi connectivity index (χ2v) is 9.89. The summed E-state index contributed by atoms with van der Waals surface area (Å²) in [7, 11) is 1.66. The summed E-state index contributed by atoms with van der Waals surface area (Å²) < 4.78 is 7.35. The van der Waals surface area contributed by atoms with Crippen LogP contribution in [0.4, 0.5) is 0 Å². The van der Waals surface area contributed by atoms with Crippen LogP contribution in [-0.2, 0) is 17.6 Å².